The van der Waals surface area contributed by atoms with Gasteiger partial charge in [0.1, 0.15) is 5.82 Å². The SMILES string of the molecule is CCOc1cc(C(=O)N2CCCC2c2ccc(F)cc2)ccc1OCC(=O)N1CCCCC1. The van der Waals surface area contributed by atoms with Crippen LogP contribution in [0.2, 0.25) is 0 Å². The van der Waals surface area contributed by atoms with Crippen LogP contribution in [0.15, 0.2) is 42.5 Å². The first-order valence-corrected chi connectivity index (χ1v) is 11.8. The first kappa shape index (κ1) is 23.1. The second kappa shape index (κ2) is 10.7. The minimum atomic E-state index is -0.287. The normalized spacial score (nSPS) is 18.3. The predicted molar refractivity (Wildman–Crippen MR) is 123 cm³/mol. The number of piperidine rings is 1. The smallest absolute Gasteiger partial charge is 0.260 e. The molecule has 2 fully saturated rings. The van der Waals surface area contributed by atoms with Gasteiger partial charge in [-0.05, 0) is 74.9 Å². The van der Waals surface area contributed by atoms with E-state index < -0.39 is 0 Å². The number of benzene rings is 2. The average Bonchev–Trinajstić information content (AvgIpc) is 3.33. The Bertz CT molecular complexity index is 973. The molecule has 2 aromatic rings. The zero-order valence-corrected chi connectivity index (χ0v) is 19.1. The van der Waals surface area contributed by atoms with Crippen LogP contribution in [0.3, 0.4) is 0 Å². The van der Waals surface area contributed by atoms with Crippen LogP contribution in [-0.2, 0) is 4.79 Å². The molecule has 1 atom stereocenters. The lowest BCUT2D eigenvalue weighted by atomic mass is 10.0. The zero-order valence-electron chi connectivity index (χ0n) is 19.1. The highest BCUT2D eigenvalue weighted by Crippen LogP contribution is 2.35. The molecule has 1 unspecified atom stereocenters. The Kier molecular flexibility index (Phi) is 7.47. The molecule has 2 aliphatic rings. The first-order chi connectivity index (χ1) is 16.1. The highest BCUT2D eigenvalue weighted by Gasteiger charge is 2.31. The number of carbonyl (C=O) groups is 2. The van der Waals surface area contributed by atoms with E-state index in [2.05, 4.69) is 0 Å². The molecule has 176 valence electrons. The van der Waals surface area contributed by atoms with Gasteiger partial charge in [0.05, 0.1) is 12.6 Å². The Morgan fingerprint density at radius 1 is 0.939 bits per heavy atom. The van der Waals surface area contributed by atoms with Crippen molar-refractivity contribution in [1.82, 2.24) is 9.80 Å². The first-order valence-electron chi connectivity index (χ1n) is 11.8. The molecule has 0 aliphatic carbocycles. The third kappa shape index (κ3) is 5.46. The van der Waals surface area contributed by atoms with Crippen LogP contribution >= 0.6 is 0 Å². The fourth-order valence-electron chi connectivity index (χ4n) is 4.61. The van der Waals surface area contributed by atoms with E-state index in [1.54, 1.807) is 30.3 Å². The van der Waals surface area contributed by atoms with E-state index in [9.17, 15) is 14.0 Å². The number of hydrogen-bond donors (Lipinski definition) is 0. The summed E-state index contributed by atoms with van der Waals surface area (Å²) in [5.41, 5.74) is 1.44. The van der Waals surface area contributed by atoms with E-state index in [0.29, 0.717) is 30.2 Å². The fraction of sp³-hybridized carbons (Fsp3) is 0.462. The molecule has 2 saturated heterocycles. The molecule has 0 spiro atoms. The van der Waals surface area contributed by atoms with Gasteiger partial charge in [0, 0.05) is 25.2 Å². The van der Waals surface area contributed by atoms with Crippen molar-refractivity contribution in [3.8, 4) is 11.5 Å². The van der Waals surface area contributed by atoms with E-state index in [1.165, 1.54) is 12.1 Å². The quantitative estimate of drug-likeness (QED) is 0.614. The van der Waals surface area contributed by atoms with Crippen molar-refractivity contribution in [3.63, 3.8) is 0 Å². The number of nitrogens with zero attached hydrogens (tertiary/aromatic N) is 2. The van der Waals surface area contributed by atoms with Crippen LogP contribution in [0.5, 0.6) is 11.5 Å². The fourth-order valence-corrected chi connectivity index (χ4v) is 4.61. The predicted octanol–water partition coefficient (Wildman–Crippen LogP) is 4.59. The summed E-state index contributed by atoms with van der Waals surface area (Å²) in [7, 11) is 0. The molecule has 2 heterocycles. The van der Waals surface area contributed by atoms with Gasteiger partial charge in [-0.3, -0.25) is 9.59 Å². The zero-order chi connectivity index (χ0) is 23.2. The van der Waals surface area contributed by atoms with Crippen LogP contribution < -0.4 is 9.47 Å². The second-order valence-electron chi connectivity index (χ2n) is 8.53. The van der Waals surface area contributed by atoms with Crippen molar-refractivity contribution >= 4 is 11.8 Å². The lowest BCUT2D eigenvalue weighted by Crippen LogP contribution is -2.38. The number of likely N-dealkylation sites (tertiary alicyclic amines) is 2. The Hall–Kier alpha value is -3.09. The van der Waals surface area contributed by atoms with E-state index in [-0.39, 0.29) is 30.3 Å². The molecule has 2 amide bonds. The Morgan fingerprint density at radius 2 is 1.70 bits per heavy atom. The monoisotopic (exact) mass is 454 g/mol. The lowest BCUT2D eigenvalue weighted by molar-refractivity contribution is -0.134. The van der Waals surface area contributed by atoms with Crippen molar-refractivity contribution in [2.45, 2.75) is 45.1 Å². The maximum atomic E-state index is 13.3. The van der Waals surface area contributed by atoms with Gasteiger partial charge in [-0.25, -0.2) is 4.39 Å². The Labute approximate surface area is 194 Å². The topological polar surface area (TPSA) is 59.1 Å². The van der Waals surface area contributed by atoms with Crippen LogP contribution in [0, 0.1) is 5.82 Å². The highest BCUT2D eigenvalue weighted by atomic mass is 19.1. The highest BCUT2D eigenvalue weighted by molar-refractivity contribution is 5.95. The summed E-state index contributed by atoms with van der Waals surface area (Å²) in [5.74, 6) is 0.489. The van der Waals surface area contributed by atoms with Crippen molar-refractivity contribution < 1.29 is 23.5 Å². The molecular formula is C26H31FN2O4. The van der Waals surface area contributed by atoms with Gasteiger partial charge >= 0.3 is 0 Å². The van der Waals surface area contributed by atoms with Crippen molar-refractivity contribution in [2.24, 2.45) is 0 Å². The molecule has 33 heavy (non-hydrogen) atoms. The van der Waals surface area contributed by atoms with Crippen molar-refractivity contribution in [2.75, 3.05) is 32.8 Å². The molecule has 0 bridgehead atoms. The lowest BCUT2D eigenvalue weighted by Gasteiger charge is -2.27. The third-order valence-electron chi connectivity index (χ3n) is 6.32. The van der Waals surface area contributed by atoms with Gasteiger partial charge in [-0.1, -0.05) is 12.1 Å². The van der Waals surface area contributed by atoms with Gasteiger partial charge in [-0.15, -0.1) is 0 Å². The number of halogens is 1. The van der Waals surface area contributed by atoms with E-state index in [0.717, 1.165) is 50.8 Å². The van der Waals surface area contributed by atoms with E-state index in [1.807, 2.05) is 16.7 Å². The molecule has 0 radical (unpaired) electrons. The number of amides is 2. The van der Waals surface area contributed by atoms with Gasteiger partial charge < -0.3 is 19.3 Å². The second-order valence-corrected chi connectivity index (χ2v) is 8.53. The van der Waals surface area contributed by atoms with Crippen molar-refractivity contribution in [3.05, 3.63) is 59.4 Å². The maximum absolute atomic E-state index is 13.3. The summed E-state index contributed by atoms with van der Waals surface area (Å²) in [4.78, 5) is 29.5. The van der Waals surface area contributed by atoms with Gasteiger partial charge in [0.2, 0.25) is 0 Å². The van der Waals surface area contributed by atoms with Crippen molar-refractivity contribution in [1.29, 1.82) is 0 Å². The van der Waals surface area contributed by atoms with E-state index >= 15 is 0 Å². The number of hydrogen-bond acceptors (Lipinski definition) is 4. The van der Waals surface area contributed by atoms with Crippen LogP contribution in [-0.4, -0.2) is 54.5 Å². The molecule has 2 aromatic carbocycles. The number of ether oxygens (including phenoxy) is 2. The minimum absolute atomic E-state index is 0.0310. The molecule has 2 aliphatic heterocycles. The number of carbonyl (C=O) groups excluding carboxylic acids is 2. The summed E-state index contributed by atoms with van der Waals surface area (Å²) >= 11 is 0. The molecule has 0 aromatic heterocycles. The van der Waals surface area contributed by atoms with Crippen LogP contribution in [0.4, 0.5) is 4.39 Å². The van der Waals surface area contributed by atoms with Gasteiger partial charge in [0.15, 0.2) is 18.1 Å². The minimum Gasteiger partial charge on any atom is -0.490 e. The Balaban J connectivity index is 1.47. The van der Waals surface area contributed by atoms with Gasteiger partial charge in [0.25, 0.3) is 11.8 Å². The van der Waals surface area contributed by atoms with Crippen LogP contribution in [0.25, 0.3) is 0 Å². The molecule has 6 nitrogen and oxygen atoms in total. The van der Waals surface area contributed by atoms with E-state index in [4.69, 9.17) is 9.47 Å². The summed E-state index contributed by atoms with van der Waals surface area (Å²) in [6.45, 7) is 4.43. The average molecular weight is 455 g/mol. The summed E-state index contributed by atoms with van der Waals surface area (Å²) in [6.07, 6.45) is 4.96. The van der Waals surface area contributed by atoms with Gasteiger partial charge in [-0.2, -0.15) is 0 Å². The summed E-state index contributed by atoms with van der Waals surface area (Å²) in [5, 5.41) is 0. The number of rotatable bonds is 7. The molecule has 7 heteroatoms. The molecule has 0 saturated carbocycles. The maximum Gasteiger partial charge on any atom is 0.260 e. The summed E-state index contributed by atoms with van der Waals surface area (Å²) < 4.78 is 24.9. The largest absolute Gasteiger partial charge is 0.490 e. The Morgan fingerprint density at radius 3 is 2.42 bits per heavy atom. The standard InChI is InChI=1S/C26H31FN2O4/c1-2-32-24-17-20(10-13-23(24)33-18-25(30)28-14-4-3-5-15-28)26(31)29-16-6-7-22(29)19-8-11-21(27)12-9-19/h8-13,17,22H,2-7,14-16,18H2,1H3. The summed E-state index contributed by atoms with van der Waals surface area (Å²) in [6, 6.07) is 11.4. The molecular weight excluding hydrogens is 423 g/mol. The molecule has 0 N–H and O–H groups in total. The molecule has 4 rings (SSSR count). The third-order valence-corrected chi connectivity index (χ3v) is 6.32. The van der Waals surface area contributed by atoms with Crippen LogP contribution in [0.1, 0.15) is 61.0 Å².